The lowest BCUT2D eigenvalue weighted by atomic mass is 9.95. The van der Waals surface area contributed by atoms with E-state index < -0.39 is 9.84 Å². The fourth-order valence-corrected chi connectivity index (χ4v) is 4.11. The second-order valence-electron chi connectivity index (χ2n) is 6.19. The molecule has 1 aromatic carbocycles. The lowest BCUT2D eigenvalue weighted by Crippen LogP contribution is -2.15. The predicted molar refractivity (Wildman–Crippen MR) is 95.5 cm³/mol. The molecule has 0 bridgehead atoms. The highest BCUT2D eigenvalue weighted by molar-refractivity contribution is 9.08. The van der Waals surface area contributed by atoms with E-state index in [-0.39, 0.29) is 0 Å². The number of hydrogen-bond acceptors (Lipinski definition) is 3. The van der Waals surface area contributed by atoms with Crippen LogP contribution in [0.25, 0.3) is 11.3 Å². The van der Waals surface area contributed by atoms with Crippen molar-refractivity contribution >= 4 is 25.8 Å². The van der Waals surface area contributed by atoms with Crippen LogP contribution in [-0.2, 0) is 15.2 Å². The second-order valence-corrected chi connectivity index (χ2v) is 8.76. The maximum absolute atomic E-state index is 11.6. The Morgan fingerprint density at radius 3 is 2.39 bits per heavy atom. The van der Waals surface area contributed by atoms with Crippen molar-refractivity contribution in [2.45, 2.75) is 48.4 Å². The van der Waals surface area contributed by atoms with Crippen LogP contribution in [-0.4, -0.2) is 24.5 Å². The summed E-state index contributed by atoms with van der Waals surface area (Å²) in [5.74, 6) is 0. The van der Waals surface area contributed by atoms with Crippen LogP contribution in [0.3, 0.4) is 0 Å². The van der Waals surface area contributed by atoms with E-state index in [4.69, 9.17) is 5.10 Å². The van der Waals surface area contributed by atoms with E-state index in [0.29, 0.717) is 10.9 Å². The highest BCUT2D eigenvalue weighted by atomic mass is 79.9. The van der Waals surface area contributed by atoms with Gasteiger partial charge in [0.2, 0.25) is 0 Å². The largest absolute Gasteiger partial charge is 0.262 e. The highest BCUT2D eigenvalue weighted by Gasteiger charge is 2.20. The third-order valence-electron chi connectivity index (χ3n) is 4.42. The van der Waals surface area contributed by atoms with Crippen molar-refractivity contribution in [2.24, 2.45) is 0 Å². The molecular weight excluding hydrogens is 376 g/mol. The summed E-state index contributed by atoms with van der Waals surface area (Å²) in [6, 6.07) is 9.66. The van der Waals surface area contributed by atoms with Crippen molar-refractivity contribution < 1.29 is 8.42 Å². The van der Waals surface area contributed by atoms with Gasteiger partial charge in [-0.1, -0.05) is 47.3 Å². The van der Waals surface area contributed by atoms with Crippen molar-refractivity contribution in [3.8, 4) is 11.3 Å². The standard InChI is InChI=1S/C17H21BrN2O2S/c1-23(21,22)16-9-7-13(8-10-16)17-11-14(12-18)19-20(17)15-5-3-2-4-6-15/h7-11,15H,2-6,12H2,1H3. The molecule has 0 amide bonds. The summed E-state index contributed by atoms with van der Waals surface area (Å²) < 4.78 is 25.4. The molecule has 0 aliphatic heterocycles. The normalized spacial score (nSPS) is 16.6. The topological polar surface area (TPSA) is 52.0 Å². The maximum Gasteiger partial charge on any atom is 0.175 e. The summed E-state index contributed by atoms with van der Waals surface area (Å²) in [7, 11) is -3.16. The van der Waals surface area contributed by atoms with Crippen molar-refractivity contribution in [2.75, 3.05) is 6.26 Å². The van der Waals surface area contributed by atoms with Crippen LogP contribution in [0, 0.1) is 0 Å². The molecule has 1 aliphatic rings. The van der Waals surface area contributed by atoms with Gasteiger partial charge in [-0.2, -0.15) is 5.10 Å². The number of aromatic nitrogens is 2. The van der Waals surface area contributed by atoms with Crippen LogP contribution >= 0.6 is 15.9 Å². The summed E-state index contributed by atoms with van der Waals surface area (Å²) in [5, 5.41) is 5.47. The Hall–Kier alpha value is -1.14. The first-order valence-electron chi connectivity index (χ1n) is 7.94. The average Bonchev–Trinajstić information content (AvgIpc) is 2.99. The minimum Gasteiger partial charge on any atom is -0.262 e. The van der Waals surface area contributed by atoms with Gasteiger partial charge in [-0.05, 0) is 36.6 Å². The smallest absolute Gasteiger partial charge is 0.175 e. The Morgan fingerprint density at radius 2 is 1.83 bits per heavy atom. The van der Waals surface area contributed by atoms with Gasteiger partial charge in [0.1, 0.15) is 0 Å². The fraction of sp³-hybridized carbons (Fsp3) is 0.471. The van der Waals surface area contributed by atoms with E-state index in [1.54, 1.807) is 12.1 Å². The van der Waals surface area contributed by atoms with Crippen LogP contribution in [0.2, 0.25) is 0 Å². The molecule has 1 aromatic heterocycles. The summed E-state index contributed by atoms with van der Waals surface area (Å²) in [4.78, 5) is 0.352. The number of nitrogens with zero attached hydrogens (tertiary/aromatic N) is 2. The molecule has 6 heteroatoms. The number of alkyl halides is 1. The zero-order valence-electron chi connectivity index (χ0n) is 13.2. The Balaban J connectivity index is 1.99. The molecule has 1 heterocycles. The second kappa shape index (κ2) is 6.77. The van der Waals surface area contributed by atoms with E-state index in [9.17, 15) is 8.42 Å². The van der Waals surface area contributed by atoms with Crippen LogP contribution in [0.4, 0.5) is 0 Å². The maximum atomic E-state index is 11.6. The van der Waals surface area contributed by atoms with Crippen molar-refractivity contribution in [3.05, 3.63) is 36.0 Å². The van der Waals surface area contributed by atoms with Crippen LogP contribution < -0.4 is 0 Å². The lowest BCUT2D eigenvalue weighted by Gasteiger charge is -2.24. The molecule has 0 atom stereocenters. The zero-order chi connectivity index (χ0) is 16.4. The zero-order valence-corrected chi connectivity index (χ0v) is 15.6. The minimum atomic E-state index is -3.16. The first-order chi connectivity index (χ1) is 11.0. The number of benzene rings is 1. The Morgan fingerprint density at radius 1 is 1.17 bits per heavy atom. The molecule has 3 rings (SSSR count). The monoisotopic (exact) mass is 396 g/mol. The van der Waals surface area contributed by atoms with Crippen molar-refractivity contribution in [3.63, 3.8) is 0 Å². The van der Waals surface area contributed by atoms with Crippen LogP contribution in [0.5, 0.6) is 0 Å². The van der Waals surface area contributed by atoms with Gasteiger partial charge in [0.25, 0.3) is 0 Å². The van der Waals surface area contributed by atoms with Crippen LogP contribution in [0.15, 0.2) is 35.2 Å². The van der Waals surface area contributed by atoms with Gasteiger partial charge in [0, 0.05) is 11.6 Å². The van der Waals surface area contributed by atoms with Gasteiger partial charge in [-0.25, -0.2) is 8.42 Å². The predicted octanol–water partition coefficient (Wildman–Crippen LogP) is 4.35. The molecule has 0 radical (unpaired) electrons. The van der Waals surface area contributed by atoms with Crippen molar-refractivity contribution in [1.29, 1.82) is 0 Å². The molecule has 0 spiro atoms. The summed E-state index contributed by atoms with van der Waals surface area (Å²) >= 11 is 3.48. The number of halogens is 1. The van der Waals surface area contributed by atoms with Gasteiger partial charge in [0.15, 0.2) is 9.84 Å². The van der Waals surface area contributed by atoms with Gasteiger partial charge in [-0.15, -0.1) is 0 Å². The lowest BCUT2D eigenvalue weighted by molar-refractivity contribution is 0.331. The van der Waals surface area contributed by atoms with E-state index in [2.05, 4.69) is 26.7 Å². The van der Waals surface area contributed by atoms with E-state index in [1.165, 1.54) is 25.5 Å². The molecule has 1 aliphatic carbocycles. The van der Waals surface area contributed by atoms with E-state index in [1.807, 2.05) is 12.1 Å². The molecule has 2 aromatic rings. The molecule has 0 N–H and O–H groups in total. The van der Waals surface area contributed by atoms with E-state index in [0.717, 1.165) is 35.1 Å². The third-order valence-corrected chi connectivity index (χ3v) is 6.13. The number of sulfone groups is 1. The van der Waals surface area contributed by atoms with Gasteiger partial charge >= 0.3 is 0 Å². The Labute approximate surface area is 146 Å². The number of rotatable bonds is 4. The van der Waals surface area contributed by atoms with Gasteiger partial charge in [-0.3, -0.25) is 4.68 Å². The third kappa shape index (κ3) is 3.69. The number of hydrogen-bond donors (Lipinski definition) is 0. The molecule has 0 unspecified atom stereocenters. The molecule has 1 fully saturated rings. The van der Waals surface area contributed by atoms with Gasteiger partial charge < -0.3 is 0 Å². The molecule has 0 saturated heterocycles. The Bertz CT molecular complexity index is 775. The quantitative estimate of drug-likeness (QED) is 0.721. The highest BCUT2D eigenvalue weighted by Crippen LogP contribution is 2.33. The molecule has 4 nitrogen and oxygen atoms in total. The molecule has 23 heavy (non-hydrogen) atoms. The van der Waals surface area contributed by atoms with Gasteiger partial charge in [0.05, 0.1) is 22.3 Å². The SMILES string of the molecule is CS(=O)(=O)c1ccc(-c2cc(CBr)nn2C2CCCCC2)cc1. The molecular formula is C17H21BrN2O2S. The first kappa shape index (κ1) is 16.7. The minimum absolute atomic E-state index is 0.352. The fourth-order valence-electron chi connectivity index (χ4n) is 3.20. The summed E-state index contributed by atoms with van der Waals surface area (Å²) in [6.45, 7) is 0. The summed E-state index contributed by atoms with van der Waals surface area (Å²) in [6.07, 6.45) is 7.37. The Kier molecular flexibility index (Phi) is 4.92. The molecule has 1 saturated carbocycles. The molecule has 124 valence electrons. The van der Waals surface area contributed by atoms with Crippen LogP contribution in [0.1, 0.15) is 43.8 Å². The van der Waals surface area contributed by atoms with Crippen molar-refractivity contribution in [1.82, 2.24) is 9.78 Å². The summed E-state index contributed by atoms with van der Waals surface area (Å²) in [5.41, 5.74) is 3.10. The average molecular weight is 397 g/mol. The first-order valence-corrected chi connectivity index (χ1v) is 11.0. The van der Waals surface area contributed by atoms with E-state index >= 15 is 0 Å².